The standard InChI is InChI=1S/C24H34IN6O3/c1-14(2)25-15-9-19(23(34)30-16-5-7-24(3,4)10-16)31(13-15)20(32)12-29-18-11-28-8-6-17(18)21(26)22(27)33/h6,8,11,15-16,19,26,29H,1,5,7,9-10,12-13H2,2-4H3,(H2,27,33)(H,30,34)/q-1/t15?,16?,19-/m0/s1. The Bertz CT molecular complexity index is 995. The van der Waals surface area contributed by atoms with Crippen LogP contribution in [0.25, 0.3) is 0 Å². The van der Waals surface area contributed by atoms with Crippen molar-refractivity contribution in [2.75, 3.05) is 18.4 Å². The molecule has 0 aromatic carbocycles. The first-order valence-electron chi connectivity index (χ1n) is 11.4. The van der Waals surface area contributed by atoms with Gasteiger partial charge in [0.25, 0.3) is 0 Å². The van der Waals surface area contributed by atoms with Crippen LogP contribution in [0.5, 0.6) is 0 Å². The molecule has 1 saturated heterocycles. The summed E-state index contributed by atoms with van der Waals surface area (Å²) < 4.78 is 1.42. The van der Waals surface area contributed by atoms with Gasteiger partial charge < -0.3 is 0 Å². The molecule has 0 spiro atoms. The molecule has 2 heterocycles. The van der Waals surface area contributed by atoms with Crippen molar-refractivity contribution in [1.82, 2.24) is 15.2 Å². The summed E-state index contributed by atoms with van der Waals surface area (Å²) >= 11 is -0.330. The number of allylic oxidation sites excluding steroid dienone is 1. The number of anilines is 1. The first-order chi connectivity index (χ1) is 16.0. The fourth-order valence-corrected chi connectivity index (χ4v) is 7.53. The molecule has 0 radical (unpaired) electrons. The second kappa shape index (κ2) is 10.8. The molecule has 1 aromatic heterocycles. The maximum absolute atomic E-state index is 13.2. The molecular weight excluding hydrogens is 547 g/mol. The zero-order chi connectivity index (χ0) is 25.0. The predicted octanol–water partition coefficient (Wildman–Crippen LogP) is -1.37. The molecule has 34 heavy (non-hydrogen) atoms. The van der Waals surface area contributed by atoms with E-state index in [1.165, 1.54) is 18.5 Å². The molecule has 2 aliphatic rings. The van der Waals surface area contributed by atoms with Gasteiger partial charge in [-0.3, -0.25) is 0 Å². The number of rotatable bonds is 9. The van der Waals surface area contributed by atoms with E-state index in [4.69, 9.17) is 11.1 Å². The van der Waals surface area contributed by atoms with Gasteiger partial charge in [0, 0.05) is 0 Å². The number of aromatic nitrogens is 1. The van der Waals surface area contributed by atoms with Crippen LogP contribution in [-0.4, -0.2) is 62.4 Å². The Hall–Kier alpha value is -2.50. The predicted molar refractivity (Wildman–Crippen MR) is 127 cm³/mol. The van der Waals surface area contributed by atoms with E-state index in [0.717, 1.165) is 22.8 Å². The summed E-state index contributed by atoms with van der Waals surface area (Å²) in [4.78, 5) is 43.6. The van der Waals surface area contributed by atoms with Gasteiger partial charge in [0.2, 0.25) is 0 Å². The topological polar surface area (TPSA) is 141 Å². The van der Waals surface area contributed by atoms with Crippen LogP contribution in [0.4, 0.5) is 5.69 Å². The number of carbonyl (C=O) groups excluding carboxylic acids is 3. The average molecular weight is 581 g/mol. The van der Waals surface area contributed by atoms with Gasteiger partial charge in [-0.25, -0.2) is 0 Å². The Labute approximate surface area is 211 Å². The van der Waals surface area contributed by atoms with Crippen LogP contribution in [0.3, 0.4) is 0 Å². The molecule has 1 aromatic rings. The van der Waals surface area contributed by atoms with Gasteiger partial charge in [0.1, 0.15) is 0 Å². The third-order valence-electron chi connectivity index (χ3n) is 6.30. The third kappa shape index (κ3) is 6.55. The first-order valence-corrected chi connectivity index (χ1v) is 13.7. The normalized spacial score (nSPS) is 23.5. The molecule has 5 N–H and O–H groups in total. The number of nitrogens with two attached hydrogens (primary N) is 1. The third-order valence-corrected chi connectivity index (χ3v) is 9.14. The van der Waals surface area contributed by atoms with Crippen molar-refractivity contribution in [3.63, 3.8) is 0 Å². The Morgan fingerprint density at radius 1 is 1.38 bits per heavy atom. The Morgan fingerprint density at radius 3 is 2.74 bits per heavy atom. The number of pyridine rings is 1. The van der Waals surface area contributed by atoms with Crippen molar-refractivity contribution in [3.8, 4) is 0 Å². The second-order valence-corrected chi connectivity index (χ2v) is 14.0. The number of primary amides is 1. The average Bonchev–Trinajstić information content (AvgIpc) is 3.33. The molecule has 0 bridgehead atoms. The second-order valence-electron chi connectivity index (χ2n) is 9.81. The molecular formula is C24H34IN6O3-. The van der Waals surface area contributed by atoms with Crippen LogP contribution in [-0.2, 0) is 14.4 Å². The van der Waals surface area contributed by atoms with E-state index in [-0.39, 0.29) is 66.2 Å². The Morgan fingerprint density at radius 2 is 2.12 bits per heavy atom. The first kappa shape index (κ1) is 26.1. The summed E-state index contributed by atoms with van der Waals surface area (Å²) in [6, 6.07) is 1.15. The van der Waals surface area contributed by atoms with E-state index in [2.05, 4.69) is 36.0 Å². The number of amides is 3. The summed E-state index contributed by atoms with van der Waals surface area (Å²) in [6.45, 7) is 10.9. The van der Waals surface area contributed by atoms with Crippen LogP contribution in [0.2, 0.25) is 0 Å². The van der Waals surface area contributed by atoms with Crippen LogP contribution in [0.1, 0.15) is 52.0 Å². The van der Waals surface area contributed by atoms with Crippen LogP contribution in [0.15, 0.2) is 28.6 Å². The number of nitrogens with one attached hydrogen (secondary N) is 3. The number of alkyl halides is 1. The fraction of sp³-hybridized carbons (Fsp3) is 0.542. The monoisotopic (exact) mass is 581 g/mol. The number of carbonyl (C=O) groups is 3. The summed E-state index contributed by atoms with van der Waals surface area (Å²) in [5.41, 5.74) is 5.76. The summed E-state index contributed by atoms with van der Waals surface area (Å²) in [6.07, 6.45) is 6.53. The van der Waals surface area contributed by atoms with E-state index < -0.39 is 11.9 Å². The van der Waals surface area contributed by atoms with Crippen LogP contribution < -0.4 is 37.6 Å². The molecule has 3 amide bonds. The van der Waals surface area contributed by atoms with Crippen LogP contribution >= 0.6 is 0 Å². The number of hydrogen-bond acceptors (Lipinski definition) is 6. The SMILES string of the molecule is C=C(C)[I-]C1C[C@@H](C(=O)NC2CCC(C)(C)C2)N(C(=O)CNc2cnccc2C(=N)C(N)=O)C1. The zero-order valence-corrected chi connectivity index (χ0v) is 22.1. The molecule has 2 unspecified atom stereocenters. The molecule has 9 nitrogen and oxygen atoms in total. The Balaban J connectivity index is 1.70. The van der Waals surface area contributed by atoms with Crippen LogP contribution in [0, 0.1) is 10.8 Å². The molecule has 2 fully saturated rings. The van der Waals surface area contributed by atoms with E-state index in [1.807, 2.05) is 6.92 Å². The van der Waals surface area contributed by atoms with Crippen molar-refractivity contribution < 1.29 is 35.6 Å². The van der Waals surface area contributed by atoms with Crippen molar-refractivity contribution in [3.05, 3.63) is 34.2 Å². The molecule has 3 rings (SSSR count). The minimum absolute atomic E-state index is 0.0803. The summed E-state index contributed by atoms with van der Waals surface area (Å²) in [5, 5.41) is 14.1. The fourth-order valence-electron chi connectivity index (χ4n) is 4.67. The van der Waals surface area contributed by atoms with Gasteiger partial charge >= 0.3 is 212 Å². The zero-order valence-electron chi connectivity index (χ0n) is 20.0. The van der Waals surface area contributed by atoms with E-state index in [9.17, 15) is 14.4 Å². The Kier molecular flexibility index (Phi) is 8.32. The van der Waals surface area contributed by atoms with Gasteiger partial charge in [-0.15, -0.1) is 0 Å². The number of likely N-dealkylation sites (tertiary alicyclic amines) is 1. The number of nitrogens with zero attached hydrogens (tertiary/aromatic N) is 2. The molecule has 1 aliphatic heterocycles. The molecule has 10 heteroatoms. The van der Waals surface area contributed by atoms with Gasteiger partial charge in [-0.05, 0) is 0 Å². The molecule has 186 valence electrons. The molecule has 1 aliphatic carbocycles. The van der Waals surface area contributed by atoms with Crippen molar-refractivity contribution in [2.24, 2.45) is 11.1 Å². The van der Waals surface area contributed by atoms with Crippen molar-refractivity contribution in [2.45, 2.75) is 62.5 Å². The number of halogens is 1. The molecule has 1 saturated carbocycles. The van der Waals surface area contributed by atoms with Gasteiger partial charge in [0.15, 0.2) is 0 Å². The number of hydrogen-bond donors (Lipinski definition) is 4. The minimum atomic E-state index is -0.862. The molecule has 3 atom stereocenters. The van der Waals surface area contributed by atoms with E-state index >= 15 is 0 Å². The van der Waals surface area contributed by atoms with Gasteiger partial charge in [-0.1, -0.05) is 0 Å². The van der Waals surface area contributed by atoms with Crippen molar-refractivity contribution >= 4 is 29.1 Å². The van der Waals surface area contributed by atoms with E-state index in [1.54, 1.807) is 4.90 Å². The quantitative estimate of drug-likeness (QED) is 0.162. The van der Waals surface area contributed by atoms with Gasteiger partial charge in [0.05, 0.1) is 0 Å². The summed E-state index contributed by atoms with van der Waals surface area (Å²) in [7, 11) is 0. The van der Waals surface area contributed by atoms with Gasteiger partial charge in [-0.2, -0.15) is 0 Å². The van der Waals surface area contributed by atoms with Crippen molar-refractivity contribution in [1.29, 1.82) is 5.41 Å². The summed E-state index contributed by atoms with van der Waals surface area (Å²) in [5.74, 6) is -1.15. The van der Waals surface area contributed by atoms with E-state index in [0.29, 0.717) is 18.7 Å². The maximum atomic E-state index is 13.2.